The van der Waals surface area contributed by atoms with E-state index in [2.05, 4.69) is 4.98 Å². The van der Waals surface area contributed by atoms with Crippen molar-refractivity contribution in [2.45, 2.75) is 6.29 Å². The molecule has 1 aliphatic rings. The van der Waals surface area contributed by atoms with Crippen molar-refractivity contribution in [3.8, 4) is 0 Å². The van der Waals surface area contributed by atoms with Crippen molar-refractivity contribution >= 4 is 33.2 Å². The van der Waals surface area contributed by atoms with Gasteiger partial charge in [-0.2, -0.15) is 0 Å². The highest BCUT2D eigenvalue weighted by molar-refractivity contribution is 7.18. The molecule has 0 spiro atoms. The van der Waals surface area contributed by atoms with Crippen LogP contribution in [0.5, 0.6) is 0 Å². The first-order valence-corrected chi connectivity index (χ1v) is 5.82. The molecule has 1 fully saturated rings. The summed E-state index contributed by atoms with van der Waals surface area (Å²) in [5, 5.41) is 1.52. The molecule has 0 N–H and O–H groups in total. The van der Waals surface area contributed by atoms with E-state index in [1.165, 1.54) is 0 Å². The maximum Gasteiger partial charge on any atom is 0.211 e. The van der Waals surface area contributed by atoms with Crippen LogP contribution in [0.1, 0.15) is 11.3 Å². The smallest absolute Gasteiger partial charge is 0.211 e. The van der Waals surface area contributed by atoms with Gasteiger partial charge in [0.1, 0.15) is 5.52 Å². The monoisotopic (exact) mass is 241 g/mol. The van der Waals surface area contributed by atoms with Crippen molar-refractivity contribution < 1.29 is 9.47 Å². The van der Waals surface area contributed by atoms with E-state index in [0.29, 0.717) is 18.2 Å². The molecule has 1 saturated heterocycles. The fourth-order valence-corrected chi connectivity index (χ4v) is 2.80. The van der Waals surface area contributed by atoms with Gasteiger partial charge in [-0.05, 0) is 12.1 Å². The zero-order valence-electron chi connectivity index (χ0n) is 7.77. The van der Waals surface area contributed by atoms with Gasteiger partial charge in [0.05, 0.1) is 22.9 Å². The van der Waals surface area contributed by atoms with Gasteiger partial charge < -0.3 is 9.47 Å². The first-order chi connectivity index (χ1) is 7.34. The molecule has 0 radical (unpaired) electrons. The fraction of sp³-hybridized carbons (Fsp3) is 0.300. The molecule has 78 valence electrons. The van der Waals surface area contributed by atoms with Crippen LogP contribution in [0.4, 0.5) is 0 Å². The molecule has 1 aliphatic heterocycles. The van der Waals surface area contributed by atoms with Gasteiger partial charge in [-0.3, -0.25) is 0 Å². The average Bonchev–Trinajstić information content (AvgIpc) is 2.86. The van der Waals surface area contributed by atoms with Crippen molar-refractivity contribution in [1.82, 2.24) is 4.98 Å². The summed E-state index contributed by atoms with van der Waals surface area (Å²) in [4.78, 5) is 4.43. The molecule has 15 heavy (non-hydrogen) atoms. The predicted molar refractivity (Wildman–Crippen MR) is 59.3 cm³/mol. The van der Waals surface area contributed by atoms with E-state index in [-0.39, 0.29) is 6.29 Å². The number of rotatable bonds is 1. The molecule has 1 aromatic carbocycles. The summed E-state index contributed by atoms with van der Waals surface area (Å²) in [5.74, 6) is 0. The van der Waals surface area contributed by atoms with E-state index in [4.69, 9.17) is 21.1 Å². The zero-order valence-corrected chi connectivity index (χ0v) is 9.35. The number of aromatic nitrogens is 1. The second kappa shape index (κ2) is 3.72. The normalized spacial score (nSPS) is 17.7. The third-order valence-electron chi connectivity index (χ3n) is 2.21. The van der Waals surface area contributed by atoms with Crippen LogP contribution in [-0.4, -0.2) is 18.2 Å². The summed E-state index contributed by atoms with van der Waals surface area (Å²) >= 11 is 7.60. The number of ether oxygens (including phenoxy) is 2. The van der Waals surface area contributed by atoms with Gasteiger partial charge in [0, 0.05) is 0 Å². The molecule has 2 heterocycles. The third-order valence-corrected chi connectivity index (χ3v) is 3.56. The highest BCUT2D eigenvalue weighted by Crippen LogP contribution is 2.33. The fourth-order valence-electron chi connectivity index (χ4n) is 1.53. The maximum atomic E-state index is 6.04. The van der Waals surface area contributed by atoms with Crippen LogP contribution in [0.15, 0.2) is 18.2 Å². The van der Waals surface area contributed by atoms with E-state index in [1.54, 1.807) is 11.3 Å². The summed E-state index contributed by atoms with van der Waals surface area (Å²) in [6, 6.07) is 5.75. The lowest BCUT2D eigenvalue weighted by atomic mass is 10.3. The number of benzene rings is 1. The molecule has 0 saturated carbocycles. The van der Waals surface area contributed by atoms with Gasteiger partial charge in [0.25, 0.3) is 0 Å². The number of nitrogens with zero attached hydrogens (tertiary/aromatic N) is 1. The van der Waals surface area contributed by atoms with Crippen LogP contribution in [0.25, 0.3) is 10.2 Å². The Kier molecular flexibility index (Phi) is 2.36. The van der Waals surface area contributed by atoms with Crippen LogP contribution in [0.2, 0.25) is 5.02 Å². The predicted octanol–water partition coefficient (Wildman–Crippen LogP) is 3.00. The molecule has 2 aromatic rings. The summed E-state index contributed by atoms with van der Waals surface area (Å²) in [7, 11) is 0. The Morgan fingerprint density at radius 1 is 1.33 bits per heavy atom. The van der Waals surface area contributed by atoms with Gasteiger partial charge in [-0.25, -0.2) is 4.98 Å². The first kappa shape index (κ1) is 9.54. The van der Waals surface area contributed by atoms with E-state index in [9.17, 15) is 0 Å². The maximum absolute atomic E-state index is 6.04. The van der Waals surface area contributed by atoms with E-state index >= 15 is 0 Å². The molecule has 3 rings (SSSR count). The minimum atomic E-state index is -0.307. The molecule has 0 aliphatic carbocycles. The topological polar surface area (TPSA) is 31.4 Å². The van der Waals surface area contributed by atoms with Crippen LogP contribution in [0.3, 0.4) is 0 Å². The van der Waals surface area contributed by atoms with Gasteiger partial charge in [0.15, 0.2) is 5.01 Å². The minimum absolute atomic E-state index is 0.307. The minimum Gasteiger partial charge on any atom is -0.344 e. The van der Waals surface area contributed by atoms with Gasteiger partial charge in [-0.15, -0.1) is 11.3 Å². The molecule has 0 unspecified atom stereocenters. The highest BCUT2D eigenvalue weighted by atomic mass is 35.5. The van der Waals surface area contributed by atoms with Crippen molar-refractivity contribution in [3.05, 3.63) is 28.2 Å². The molecule has 0 amide bonds. The SMILES string of the molecule is Clc1cccc2sc(C3OCCO3)nc12. The largest absolute Gasteiger partial charge is 0.344 e. The number of para-hydroxylation sites is 1. The van der Waals surface area contributed by atoms with Gasteiger partial charge >= 0.3 is 0 Å². The van der Waals surface area contributed by atoms with Gasteiger partial charge in [0.2, 0.25) is 6.29 Å². The number of thiazole rings is 1. The van der Waals surface area contributed by atoms with Crippen molar-refractivity contribution in [2.75, 3.05) is 13.2 Å². The lowest BCUT2D eigenvalue weighted by Crippen LogP contribution is -1.96. The average molecular weight is 242 g/mol. The van der Waals surface area contributed by atoms with Gasteiger partial charge in [-0.1, -0.05) is 17.7 Å². The van der Waals surface area contributed by atoms with Crippen LogP contribution >= 0.6 is 22.9 Å². The van der Waals surface area contributed by atoms with Crippen LogP contribution in [-0.2, 0) is 9.47 Å². The summed E-state index contributed by atoms with van der Waals surface area (Å²) in [6.45, 7) is 1.27. The molecular weight excluding hydrogens is 234 g/mol. The van der Waals surface area contributed by atoms with E-state index in [0.717, 1.165) is 15.2 Å². The van der Waals surface area contributed by atoms with Crippen molar-refractivity contribution in [2.24, 2.45) is 0 Å². The number of hydrogen-bond acceptors (Lipinski definition) is 4. The quantitative estimate of drug-likeness (QED) is 0.769. The zero-order chi connectivity index (χ0) is 10.3. The summed E-state index contributed by atoms with van der Waals surface area (Å²) in [6.07, 6.45) is -0.307. The number of halogens is 1. The van der Waals surface area contributed by atoms with E-state index < -0.39 is 0 Å². The Morgan fingerprint density at radius 2 is 2.13 bits per heavy atom. The lowest BCUT2D eigenvalue weighted by molar-refractivity contribution is -0.0440. The molecule has 0 atom stereocenters. The van der Waals surface area contributed by atoms with Crippen molar-refractivity contribution in [1.29, 1.82) is 0 Å². The Labute approximate surface area is 95.6 Å². The van der Waals surface area contributed by atoms with Crippen LogP contribution in [0, 0.1) is 0 Å². The molecule has 1 aromatic heterocycles. The highest BCUT2D eigenvalue weighted by Gasteiger charge is 2.22. The standard InChI is InChI=1S/C10H8ClNO2S/c11-6-2-1-3-7-8(6)12-9(15-7)10-13-4-5-14-10/h1-3,10H,4-5H2. The Bertz CT molecular complexity index is 493. The second-order valence-electron chi connectivity index (χ2n) is 3.21. The van der Waals surface area contributed by atoms with E-state index in [1.807, 2.05) is 18.2 Å². The Balaban J connectivity index is 2.09. The Morgan fingerprint density at radius 3 is 2.87 bits per heavy atom. The molecule has 3 nitrogen and oxygen atoms in total. The molecule has 0 bridgehead atoms. The molecule has 5 heteroatoms. The lowest BCUT2D eigenvalue weighted by Gasteiger charge is -2.02. The first-order valence-electron chi connectivity index (χ1n) is 4.63. The summed E-state index contributed by atoms with van der Waals surface area (Å²) < 4.78 is 11.8. The Hall–Kier alpha value is -0.680. The number of hydrogen-bond donors (Lipinski definition) is 0. The van der Waals surface area contributed by atoms with Crippen molar-refractivity contribution in [3.63, 3.8) is 0 Å². The van der Waals surface area contributed by atoms with Crippen LogP contribution < -0.4 is 0 Å². The summed E-state index contributed by atoms with van der Waals surface area (Å²) in [5.41, 5.74) is 0.832. The third kappa shape index (κ3) is 1.63. The second-order valence-corrected chi connectivity index (χ2v) is 4.68. The number of fused-ring (bicyclic) bond motifs is 1. The molecular formula is C10H8ClNO2S.